The smallest absolute Gasteiger partial charge is 0.266 e. The molecule has 4 aromatic rings. The standard InChI is InChI=1S/C20H14Cl2N4O2S2/c1-11-9-29-19(23-11)25-17(27)10-30-20-24-16-8-13(22)4-7-15(16)18(28)26(20)14-5-2-12(21)3-6-14/h2-9H,10H2,1H3,(H,23,25,27). The number of halogens is 2. The lowest BCUT2D eigenvalue weighted by molar-refractivity contribution is -0.113. The molecule has 2 heterocycles. The minimum Gasteiger partial charge on any atom is -0.301 e. The van der Waals surface area contributed by atoms with Gasteiger partial charge in [-0.2, -0.15) is 0 Å². The molecule has 0 aliphatic carbocycles. The van der Waals surface area contributed by atoms with Crippen LogP contribution in [0.1, 0.15) is 5.69 Å². The van der Waals surface area contributed by atoms with Crippen LogP contribution in [0.25, 0.3) is 16.6 Å². The van der Waals surface area contributed by atoms with E-state index < -0.39 is 0 Å². The van der Waals surface area contributed by atoms with Gasteiger partial charge in [0.15, 0.2) is 10.3 Å². The lowest BCUT2D eigenvalue weighted by Crippen LogP contribution is -2.23. The number of fused-ring (bicyclic) bond motifs is 1. The second-order valence-corrected chi connectivity index (χ2v) is 8.98. The van der Waals surface area contributed by atoms with Gasteiger partial charge in [0.05, 0.1) is 28.0 Å². The molecule has 0 aliphatic rings. The first-order valence-electron chi connectivity index (χ1n) is 8.74. The molecular weight excluding hydrogens is 463 g/mol. The summed E-state index contributed by atoms with van der Waals surface area (Å²) in [5.41, 5.74) is 1.66. The molecule has 0 unspecified atom stereocenters. The van der Waals surface area contributed by atoms with E-state index in [-0.39, 0.29) is 17.2 Å². The van der Waals surface area contributed by atoms with Crippen molar-refractivity contribution in [2.45, 2.75) is 12.1 Å². The Labute approximate surface area is 189 Å². The van der Waals surface area contributed by atoms with Gasteiger partial charge in [-0.3, -0.25) is 14.2 Å². The van der Waals surface area contributed by atoms with E-state index in [0.717, 1.165) is 17.5 Å². The first-order valence-corrected chi connectivity index (χ1v) is 11.4. The largest absolute Gasteiger partial charge is 0.301 e. The Morgan fingerprint density at radius 2 is 1.87 bits per heavy atom. The molecule has 152 valence electrons. The number of carbonyl (C=O) groups excluding carboxylic acids is 1. The molecule has 2 aromatic heterocycles. The van der Waals surface area contributed by atoms with Crippen LogP contribution in [-0.4, -0.2) is 26.2 Å². The fraction of sp³-hybridized carbons (Fsp3) is 0.100. The molecule has 0 radical (unpaired) electrons. The summed E-state index contributed by atoms with van der Waals surface area (Å²) in [5, 5.41) is 6.99. The Bertz CT molecular complexity index is 1300. The van der Waals surface area contributed by atoms with Crippen molar-refractivity contribution in [3.8, 4) is 5.69 Å². The summed E-state index contributed by atoms with van der Waals surface area (Å²) in [6.07, 6.45) is 0. The number of hydrogen-bond acceptors (Lipinski definition) is 6. The number of hydrogen-bond donors (Lipinski definition) is 1. The third-order valence-corrected chi connectivity index (χ3v) is 6.38. The summed E-state index contributed by atoms with van der Waals surface area (Å²) < 4.78 is 1.47. The number of rotatable bonds is 5. The highest BCUT2D eigenvalue weighted by molar-refractivity contribution is 7.99. The molecule has 0 saturated heterocycles. The van der Waals surface area contributed by atoms with Crippen LogP contribution in [0, 0.1) is 6.92 Å². The maximum absolute atomic E-state index is 13.2. The zero-order valence-corrected chi connectivity index (χ0v) is 18.7. The third kappa shape index (κ3) is 4.52. The van der Waals surface area contributed by atoms with Crippen LogP contribution in [0.15, 0.2) is 57.8 Å². The van der Waals surface area contributed by atoms with Crippen molar-refractivity contribution in [2.24, 2.45) is 0 Å². The molecule has 0 saturated carbocycles. The normalized spacial score (nSPS) is 11.0. The average Bonchev–Trinajstić information content (AvgIpc) is 3.11. The number of anilines is 1. The first kappa shape index (κ1) is 20.9. The fourth-order valence-electron chi connectivity index (χ4n) is 2.75. The maximum Gasteiger partial charge on any atom is 0.266 e. The van der Waals surface area contributed by atoms with E-state index in [2.05, 4.69) is 15.3 Å². The van der Waals surface area contributed by atoms with Gasteiger partial charge in [-0.15, -0.1) is 11.3 Å². The maximum atomic E-state index is 13.2. The van der Waals surface area contributed by atoms with E-state index in [1.54, 1.807) is 42.5 Å². The molecule has 10 heteroatoms. The van der Waals surface area contributed by atoms with Crippen LogP contribution in [-0.2, 0) is 4.79 Å². The summed E-state index contributed by atoms with van der Waals surface area (Å²) in [7, 11) is 0. The molecule has 0 fully saturated rings. The van der Waals surface area contributed by atoms with Crippen LogP contribution in [0.5, 0.6) is 0 Å². The second-order valence-electron chi connectivity index (χ2n) is 6.30. The van der Waals surface area contributed by atoms with E-state index in [1.807, 2.05) is 12.3 Å². The first-order chi connectivity index (χ1) is 14.4. The second kappa shape index (κ2) is 8.77. The summed E-state index contributed by atoms with van der Waals surface area (Å²) in [4.78, 5) is 34.4. The monoisotopic (exact) mass is 476 g/mol. The lowest BCUT2D eigenvalue weighted by Gasteiger charge is -2.13. The molecule has 6 nitrogen and oxygen atoms in total. The molecule has 0 bridgehead atoms. The van der Waals surface area contributed by atoms with Gasteiger partial charge >= 0.3 is 0 Å². The Morgan fingerprint density at radius 1 is 1.13 bits per heavy atom. The Hall–Kier alpha value is -2.39. The highest BCUT2D eigenvalue weighted by Crippen LogP contribution is 2.24. The Kier molecular flexibility index (Phi) is 6.10. The number of nitrogens with one attached hydrogen (secondary N) is 1. The Balaban J connectivity index is 1.71. The summed E-state index contributed by atoms with van der Waals surface area (Å²) >= 11 is 14.6. The summed E-state index contributed by atoms with van der Waals surface area (Å²) in [5.74, 6) is -0.178. The van der Waals surface area contributed by atoms with Gasteiger partial charge in [-0.25, -0.2) is 9.97 Å². The van der Waals surface area contributed by atoms with E-state index in [9.17, 15) is 9.59 Å². The van der Waals surface area contributed by atoms with Crippen LogP contribution < -0.4 is 10.9 Å². The van der Waals surface area contributed by atoms with E-state index in [4.69, 9.17) is 23.2 Å². The summed E-state index contributed by atoms with van der Waals surface area (Å²) in [6, 6.07) is 11.8. The number of amides is 1. The topological polar surface area (TPSA) is 76.9 Å². The SMILES string of the molecule is Cc1csc(NC(=O)CSc2nc3cc(Cl)ccc3c(=O)n2-c2ccc(Cl)cc2)n1. The van der Waals surface area contributed by atoms with Crippen LogP contribution in [0.2, 0.25) is 10.0 Å². The zero-order chi connectivity index (χ0) is 21.3. The molecule has 30 heavy (non-hydrogen) atoms. The van der Waals surface area contributed by atoms with Crippen molar-refractivity contribution in [1.29, 1.82) is 0 Å². The van der Waals surface area contributed by atoms with E-state index >= 15 is 0 Å². The molecule has 0 atom stereocenters. The minimum atomic E-state index is -0.252. The summed E-state index contributed by atoms with van der Waals surface area (Å²) in [6.45, 7) is 1.86. The van der Waals surface area contributed by atoms with Crippen molar-refractivity contribution in [1.82, 2.24) is 14.5 Å². The van der Waals surface area contributed by atoms with Gasteiger partial charge in [0.2, 0.25) is 5.91 Å². The fourth-order valence-corrected chi connectivity index (χ4v) is 4.56. The Morgan fingerprint density at radius 3 is 2.57 bits per heavy atom. The van der Waals surface area contributed by atoms with E-state index in [1.165, 1.54) is 15.9 Å². The number of thioether (sulfide) groups is 1. The van der Waals surface area contributed by atoms with Crippen molar-refractivity contribution in [3.63, 3.8) is 0 Å². The highest BCUT2D eigenvalue weighted by Gasteiger charge is 2.16. The average molecular weight is 477 g/mol. The van der Waals surface area contributed by atoms with Gasteiger partial charge in [0.1, 0.15) is 0 Å². The van der Waals surface area contributed by atoms with Crippen molar-refractivity contribution >= 4 is 68.2 Å². The number of thiazole rings is 1. The lowest BCUT2D eigenvalue weighted by atomic mass is 10.2. The molecule has 0 spiro atoms. The predicted molar refractivity (Wildman–Crippen MR) is 124 cm³/mol. The van der Waals surface area contributed by atoms with Crippen molar-refractivity contribution in [2.75, 3.05) is 11.1 Å². The zero-order valence-electron chi connectivity index (χ0n) is 15.6. The highest BCUT2D eigenvalue weighted by atomic mass is 35.5. The minimum absolute atomic E-state index is 0.0602. The van der Waals surface area contributed by atoms with Gasteiger partial charge in [-0.05, 0) is 49.4 Å². The van der Waals surface area contributed by atoms with Crippen LogP contribution in [0.3, 0.4) is 0 Å². The number of aryl methyl sites for hydroxylation is 1. The van der Waals surface area contributed by atoms with Crippen LogP contribution in [0.4, 0.5) is 5.13 Å². The molecule has 2 aromatic carbocycles. The van der Waals surface area contributed by atoms with Crippen molar-refractivity contribution in [3.05, 3.63) is 73.9 Å². The van der Waals surface area contributed by atoms with Crippen LogP contribution >= 0.6 is 46.3 Å². The van der Waals surface area contributed by atoms with Gasteiger partial charge < -0.3 is 5.32 Å². The molecular formula is C20H14Cl2N4O2S2. The number of nitrogens with zero attached hydrogens (tertiary/aromatic N) is 3. The van der Waals surface area contributed by atoms with E-state index in [0.29, 0.717) is 36.9 Å². The molecule has 4 rings (SSSR count). The quantitative estimate of drug-likeness (QED) is 0.316. The molecule has 0 aliphatic heterocycles. The van der Waals surface area contributed by atoms with Gasteiger partial charge in [-0.1, -0.05) is 35.0 Å². The number of aromatic nitrogens is 3. The van der Waals surface area contributed by atoms with Crippen molar-refractivity contribution < 1.29 is 4.79 Å². The molecule has 1 amide bonds. The number of benzene rings is 2. The third-order valence-electron chi connectivity index (χ3n) is 4.08. The number of carbonyl (C=O) groups is 1. The predicted octanol–water partition coefficient (Wildman–Crippen LogP) is 5.19. The van der Waals surface area contributed by atoms with Gasteiger partial charge in [0.25, 0.3) is 5.56 Å². The molecule has 1 N–H and O–H groups in total. The van der Waals surface area contributed by atoms with Gasteiger partial charge in [0, 0.05) is 15.4 Å².